The van der Waals surface area contributed by atoms with E-state index in [2.05, 4.69) is 10.5 Å². The number of carbonyl (C=O) groups is 1. The van der Waals surface area contributed by atoms with Crippen LogP contribution in [0.2, 0.25) is 0 Å². The number of nitro groups is 1. The highest BCUT2D eigenvalue weighted by molar-refractivity contribution is 6.01. The van der Waals surface area contributed by atoms with Gasteiger partial charge in [-0.3, -0.25) is 14.9 Å². The molecule has 7 nitrogen and oxygen atoms in total. The molecule has 2 aromatic rings. The van der Waals surface area contributed by atoms with Crippen LogP contribution in [0.1, 0.15) is 36.2 Å². The molecule has 0 aliphatic rings. The average molecular weight is 341 g/mol. The van der Waals surface area contributed by atoms with E-state index in [-0.39, 0.29) is 11.6 Å². The van der Waals surface area contributed by atoms with Crippen molar-refractivity contribution in [1.29, 1.82) is 0 Å². The highest BCUT2D eigenvalue weighted by atomic mass is 16.6. The van der Waals surface area contributed by atoms with Gasteiger partial charge in [0, 0.05) is 12.1 Å². The molecule has 0 aromatic heterocycles. The molecule has 0 aliphatic heterocycles. The van der Waals surface area contributed by atoms with Crippen molar-refractivity contribution in [2.75, 3.05) is 6.61 Å². The van der Waals surface area contributed by atoms with Gasteiger partial charge in [0.1, 0.15) is 5.75 Å². The summed E-state index contributed by atoms with van der Waals surface area (Å²) < 4.78 is 5.56. The number of ether oxygens (including phenoxy) is 1. The number of hydrazone groups is 1. The van der Waals surface area contributed by atoms with Gasteiger partial charge in [0.2, 0.25) is 0 Å². The third-order valence-corrected chi connectivity index (χ3v) is 3.41. The molecule has 0 aliphatic carbocycles. The highest BCUT2D eigenvalue weighted by Gasteiger charge is 2.12. The van der Waals surface area contributed by atoms with E-state index in [9.17, 15) is 14.9 Å². The van der Waals surface area contributed by atoms with Crippen LogP contribution in [0.15, 0.2) is 53.6 Å². The van der Waals surface area contributed by atoms with Crippen LogP contribution < -0.4 is 10.2 Å². The highest BCUT2D eigenvalue weighted by Crippen LogP contribution is 2.18. The lowest BCUT2D eigenvalue weighted by Gasteiger charge is -2.09. The maximum Gasteiger partial charge on any atom is 0.275 e. The van der Waals surface area contributed by atoms with Crippen LogP contribution in [-0.2, 0) is 0 Å². The minimum atomic E-state index is -0.467. The van der Waals surface area contributed by atoms with Crippen LogP contribution in [-0.4, -0.2) is 23.1 Å². The molecule has 0 fully saturated rings. The molecule has 0 radical (unpaired) electrons. The van der Waals surface area contributed by atoms with Gasteiger partial charge < -0.3 is 4.74 Å². The lowest BCUT2D eigenvalue weighted by Crippen LogP contribution is -2.20. The Morgan fingerprint density at radius 3 is 2.52 bits per heavy atom. The lowest BCUT2D eigenvalue weighted by atomic mass is 10.1. The van der Waals surface area contributed by atoms with E-state index < -0.39 is 4.92 Å². The maximum absolute atomic E-state index is 12.3. The van der Waals surface area contributed by atoms with Crippen molar-refractivity contribution in [3.05, 3.63) is 69.8 Å². The molecule has 7 heteroatoms. The van der Waals surface area contributed by atoms with Crippen LogP contribution >= 0.6 is 0 Å². The predicted octanol–water partition coefficient (Wildman–Crippen LogP) is 3.54. The summed E-state index contributed by atoms with van der Waals surface area (Å²) in [6, 6.07) is 12.9. The number of nitrogens with zero attached hydrogens (tertiary/aromatic N) is 2. The first-order valence-electron chi connectivity index (χ1n) is 7.84. The number of hydrogen-bond acceptors (Lipinski definition) is 5. The molecule has 0 heterocycles. The fourth-order valence-electron chi connectivity index (χ4n) is 2.08. The van der Waals surface area contributed by atoms with Crippen molar-refractivity contribution in [1.82, 2.24) is 5.43 Å². The Labute approximate surface area is 145 Å². The van der Waals surface area contributed by atoms with E-state index >= 15 is 0 Å². The molecule has 130 valence electrons. The molecular formula is C18H19N3O4. The summed E-state index contributed by atoms with van der Waals surface area (Å²) in [6.07, 6.45) is 0.841. The van der Waals surface area contributed by atoms with E-state index in [0.29, 0.717) is 29.2 Å². The fraction of sp³-hybridized carbons (Fsp3) is 0.222. The van der Waals surface area contributed by atoms with E-state index in [1.54, 1.807) is 43.3 Å². The molecule has 0 saturated carbocycles. The first-order valence-corrected chi connectivity index (χ1v) is 7.84. The quantitative estimate of drug-likeness (QED) is 0.473. The van der Waals surface area contributed by atoms with Gasteiger partial charge in [-0.05, 0) is 43.2 Å². The monoisotopic (exact) mass is 341 g/mol. The molecule has 0 atom stereocenters. The Balaban J connectivity index is 2.10. The van der Waals surface area contributed by atoms with Gasteiger partial charge >= 0.3 is 0 Å². The van der Waals surface area contributed by atoms with Crippen LogP contribution in [0.3, 0.4) is 0 Å². The van der Waals surface area contributed by atoms with Crippen molar-refractivity contribution in [2.24, 2.45) is 5.10 Å². The van der Waals surface area contributed by atoms with Crippen molar-refractivity contribution < 1.29 is 14.5 Å². The molecular weight excluding hydrogens is 322 g/mol. The van der Waals surface area contributed by atoms with Crippen molar-refractivity contribution in [3.63, 3.8) is 0 Å². The molecule has 0 spiro atoms. The number of nitrogens with one attached hydrogen (secondary N) is 1. The summed E-state index contributed by atoms with van der Waals surface area (Å²) in [7, 11) is 0. The Bertz CT molecular complexity index is 785. The molecule has 1 N–H and O–H groups in total. The van der Waals surface area contributed by atoms with Crippen molar-refractivity contribution >= 4 is 17.3 Å². The average Bonchev–Trinajstić information content (AvgIpc) is 2.64. The van der Waals surface area contributed by atoms with Gasteiger partial charge in [-0.1, -0.05) is 19.1 Å². The minimum absolute atomic E-state index is 0.00239. The Morgan fingerprint density at radius 1 is 1.20 bits per heavy atom. The molecule has 25 heavy (non-hydrogen) atoms. The van der Waals surface area contributed by atoms with Gasteiger partial charge in [0.25, 0.3) is 11.6 Å². The zero-order valence-electron chi connectivity index (χ0n) is 14.1. The smallest absolute Gasteiger partial charge is 0.275 e. The second-order valence-electron chi connectivity index (χ2n) is 5.29. The SMILES string of the molecule is CCCOc1ccccc1C(=O)N/N=C(/C)c1ccc([N+](=O)[O-])cc1. The number of amides is 1. The molecule has 2 rings (SSSR count). The van der Waals surface area contributed by atoms with Crippen LogP contribution in [0.5, 0.6) is 5.75 Å². The topological polar surface area (TPSA) is 93.8 Å². The predicted molar refractivity (Wildman–Crippen MR) is 95.0 cm³/mol. The summed E-state index contributed by atoms with van der Waals surface area (Å²) in [6.45, 7) is 4.22. The number of rotatable bonds is 7. The number of hydrogen-bond donors (Lipinski definition) is 1. The molecule has 0 bridgehead atoms. The number of para-hydroxylation sites is 1. The second-order valence-corrected chi connectivity index (χ2v) is 5.29. The first-order chi connectivity index (χ1) is 12.0. The van der Waals surface area contributed by atoms with Crippen LogP contribution in [0.25, 0.3) is 0 Å². The summed E-state index contributed by atoms with van der Waals surface area (Å²) in [4.78, 5) is 22.5. The van der Waals surface area contributed by atoms with Gasteiger partial charge in [-0.15, -0.1) is 0 Å². The van der Waals surface area contributed by atoms with Crippen molar-refractivity contribution in [2.45, 2.75) is 20.3 Å². The molecule has 1 amide bonds. The number of benzene rings is 2. The lowest BCUT2D eigenvalue weighted by molar-refractivity contribution is -0.384. The molecule has 0 unspecified atom stereocenters. The number of non-ortho nitro benzene ring substituents is 1. The summed E-state index contributed by atoms with van der Waals surface area (Å²) in [5.74, 6) is 0.123. The Hall–Kier alpha value is -3.22. The van der Waals surface area contributed by atoms with E-state index in [4.69, 9.17) is 4.74 Å². The Morgan fingerprint density at radius 2 is 1.88 bits per heavy atom. The largest absolute Gasteiger partial charge is 0.493 e. The van der Waals surface area contributed by atoms with Crippen LogP contribution in [0, 0.1) is 10.1 Å². The first kappa shape index (κ1) is 18.1. The standard InChI is InChI=1S/C18H19N3O4/c1-3-12-25-17-7-5-4-6-16(17)18(22)20-19-13(2)14-8-10-15(11-9-14)21(23)24/h4-11H,3,12H2,1-2H3,(H,20,22)/b19-13-. The minimum Gasteiger partial charge on any atom is -0.493 e. The normalized spacial score (nSPS) is 11.0. The van der Waals surface area contributed by atoms with Gasteiger partial charge in [-0.2, -0.15) is 5.10 Å². The maximum atomic E-state index is 12.3. The summed E-state index contributed by atoms with van der Waals surface area (Å²) >= 11 is 0. The molecule has 2 aromatic carbocycles. The zero-order valence-corrected chi connectivity index (χ0v) is 14.1. The number of nitro benzene ring substituents is 1. The van der Waals surface area contributed by atoms with Gasteiger partial charge in [0.15, 0.2) is 0 Å². The summed E-state index contributed by atoms with van der Waals surface area (Å²) in [5, 5.41) is 14.7. The van der Waals surface area contributed by atoms with Gasteiger partial charge in [-0.25, -0.2) is 5.43 Å². The van der Waals surface area contributed by atoms with E-state index in [1.165, 1.54) is 12.1 Å². The second kappa shape index (κ2) is 8.58. The zero-order chi connectivity index (χ0) is 18.2. The fourth-order valence-corrected chi connectivity index (χ4v) is 2.08. The third kappa shape index (κ3) is 4.87. The van der Waals surface area contributed by atoms with Gasteiger partial charge in [0.05, 0.1) is 22.8 Å². The number of carbonyl (C=O) groups excluding carboxylic acids is 1. The van der Waals surface area contributed by atoms with E-state index in [1.807, 2.05) is 6.92 Å². The Kier molecular flexibility index (Phi) is 6.22. The van der Waals surface area contributed by atoms with Crippen molar-refractivity contribution in [3.8, 4) is 5.75 Å². The van der Waals surface area contributed by atoms with Crippen LogP contribution in [0.4, 0.5) is 5.69 Å². The van der Waals surface area contributed by atoms with E-state index in [0.717, 1.165) is 6.42 Å². The third-order valence-electron chi connectivity index (χ3n) is 3.41. The molecule has 0 saturated heterocycles. The summed E-state index contributed by atoms with van der Waals surface area (Å²) in [5.41, 5.74) is 4.11.